The van der Waals surface area contributed by atoms with Crippen molar-refractivity contribution in [1.82, 2.24) is 4.98 Å². The minimum atomic E-state index is 0.373. The van der Waals surface area contributed by atoms with Gasteiger partial charge in [-0.05, 0) is 6.42 Å². The summed E-state index contributed by atoms with van der Waals surface area (Å²) < 4.78 is 10.7. The maximum atomic E-state index is 5.48. The standard InChI is InChI=1S/C8H10BrNO2/c9-3-7-4-10-8(12-7)6-1-2-11-5-6/h4,6H,1-3,5H2. The molecule has 2 heterocycles. The van der Waals surface area contributed by atoms with Crippen LogP contribution in [0.2, 0.25) is 0 Å². The Labute approximate surface area is 79.2 Å². The highest BCUT2D eigenvalue weighted by Crippen LogP contribution is 2.24. The molecule has 1 aromatic heterocycles. The topological polar surface area (TPSA) is 35.3 Å². The molecule has 1 aliphatic rings. The minimum Gasteiger partial charge on any atom is -0.444 e. The molecule has 0 saturated carbocycles. The highest BCUT2D eigenvalue weighted by molar-refractivity contribution is 9.08. The van der Waals surface area contributed by atoms with Crippen LogP contribution in [0.4, 0.5) is 0 Å². The molecule has 1 fully saturated rings. The third-order valence-electron chi connectivity index (χ3n) is 1.98. The predicted octanol–water partition coefficient (Wildman–Crippen LogP) is 2.07. The Kier molecular flexibility index (Phi) is 2.46. The van der Waals surface area contributed by atoms with E-state index >= 15 is 0 Å². The van der Waals surface area contributed by atoms with E-state index in [1.807, 2.05) is 0 Å². The molecule has 2 rings (SSSR count). The Balaban J connectivity index is 2.11. The van der Waals surface area contributed by atoms with Gasteiger partial charge < -0.3 is 9.15 Å². The van der Waals surface area contributed by atoms with Crippen molar-refractivity contribution in [2.75, 3.05) is 13.2 Å². The Morgan fingerprint density at radius 1 is 1.67 bits per heavy atom. The number of rotatable bonds is 2. The average Bonchev–Trinajstić information content (AvgIpc) is 2.75. The summed E-state index contributed by atoms with van der Waals surface area (Å²) in [5, 5.41) is 0.730. The fourth-order valence-corrected chi connectivity index (χ4v) is 1.56. The van der Waals surface area contributed by atoms with E-state index < -0.39 is 0 Å². The van der Waals surface area contributed by atoms with Crippen molar-refractivity contribution >= 4 is 15.9 Å². The second kappa shape index (κ2) is 3.58. The lowest BCUT2D eigenvalue weighted by molar-refractivity contribution is 0.190. The minimum absolute atomic E-state index is 0.373. The number of aromatic nitrogens is 1. The van der Waals surface area contributed by atoms with Crippen LogP contribution in [0.15, 0.2) is 10.6 Å². The zero-order valence-electron chi connectivity index (χ0n) is 6.62. The molecule has 1 saturated heterocycles. The number of alkyl halides is 1. The van der Waals surface area contributed by atoms with Gasteiger partial charge in [0, 0.05) is 6.61 Å². The van der Waals surface area contributed by atoms with Crippen LogP contribution >= 0.6 is 15.9 Å². The molecule has 1 unspecified atom stereocenters. The van der Waals surface area contributed by atoms with E-state index in [4.69, 9.17) is 9.15 Å². The molecule has 66 valence electrons. The van der Waals surface area contributed by atoms with E-state index in [2.05, 4.69) is 20.9 Å². The Morgan fingerprint density at radius 2 is 2.58 bits per heavy atom. The van der Waals surface area contributed by atoms with Gasteiger partial charge in [-0.1, -0.05) is 15.9 Å². The van der Waals surface area contributed by atoms with Crippen LogP contribution in [-0.2, 0) is 10.1 Å². The van der Waals surface area contributed by atoms with E-state index in [0.717, 1.165) is 36.6 Å². The molecule has 0 N–H and O–H groups in total. The molecular weight excluding hydrogens is 222 g/mol. The Morgan fingerprint density at radius 3 is 3.17 bits per heavy atom. The van der Waals surface area contributed by atoms with E-state index in [0.29, 0.717) is 5.92 Å². The van der Waals surface area contributed by atoms with Crippen LogP contribution in [-0.4, -0.2) is 18.2 Å². The first-order valence-corrected chi connectivity index (χ1v) is 5.10. The zero-order chi connectivity index (χ0) is 8.39. The van der Waals surface area contributed by atoms with Gasteiger partial charge in [0.05, 0.1) is 24.1 Å². The van der Waals surface area contributed by atoms with Crippen molar-refractivity contribution in [3.8, 4) is 0 Å². The van der Waals surface area contributed by atoms with Crippen molar-refractivity contribution in [1.29, 1.82) is 0 Å². The van der Waals surface area contributed by atoms with Gasteiger partial charge in [0.25, 0.3) is 0 Å². The number of halogens is 1. The number of hydrogen-bond acceptors (Lipinski definition) is 3. The summed E-state index contributed by atoms with van der Waals surface area (Å²) in [6, 6.07) is 0. The zero-order valence-corrected chi connectivity index (χ0v) is 8.21. The van der Waals surface area contributed by atoms with E-state index in [1.54, 1.807) is 6.20 Å². The quantitative estimate of drug-likeness (QED) is 0.732. The molecule has 3 nitrogen and oxygen atoms in total. The van der Waals surface area contributed by atoms with Gasteiger partial charge in [-0.3, -0.25) is 0 Å². The van der Waals surface area contributed by atoms with Gasteiger partial charge in [-0.15, -0.1) is 0 Å². The van der Waals surface area contributed by atoms with Gasteiger partial charge in [0.2, 0.25) is 0 Å². The molecule has 0 aliphatic carbocycles. The molecule has 1 aliphatic heterocycles. The molecule has 0 amide bonds. The van der Waals surface area contributed by atoms with Crippen molar-refractivity contribution in [2.45, 2.75) is 17.7 Å². The van der Waals surface area contributed by atoms with Crippen molar-refractivity contribution in [3.05, 3.63) is 17.8 Å². The first kappa shape index (κ1) is 8.26. The van der Waals surface area contributed by atoms with Crippen molar-refractivity contribution in [3.63, 3.8) is 0 Å². The molecule has 12 heavy (non-hydrogen) atoms. The first-order chi connectivity index (χ1) is 5.90. The van der Waals surface area contributed by atoms with Crippen LogP contribution in [0.1, 0.15) is 24.0 Å². The van der Waals surface area contributed by atoms with E-state index in [9.17, 15) is 0 Å². The van der Waals surface area contributed by atoms with Crippen LogP contribution < -0.4 is 0 Å². The van der Waals surface area contributed by atoms with E-state index in [1.165, 1.54) is 0 Å². The van der Waals surface area contributed by atoms with Gasteiger partial charge >= 0.3 is 0 Å². The van der Waals surface area contributed by atoms with Gasteiger partial charge in [-0.25, -0.2) is 4.98 Å². The molecule has 0 radical (unpaired) electrons. The smallest absolute Gasteiger partial charge is 0.199 e. The van der Waals surface area contributed by atoms with Crippen LogP contribution in [0, 0.1) is 0 Å². The van der Waals surface area contributed by atoms with Gasteiger partial charge in [-0.2, -0.15) is 0 Å². The van der Waals surface area contributed by atoms with Crippen LogP contribution in [0.5, 0.6) is 0 Å². The predicted molar refractivity (Wildman–Crippen MR) is 47.3 cm³/mol. The second-order valence-corrected chi connectivity index (χ2v) is 3.42. The number of hydrogen-bond donors (Lipinski definition) is 0. The summed E-state index contributed by atoms with van der Waals surface area (Å²) >= 11 is 3.31. The number of ether oxygens (including phenoxy) is 1. The maximum absolute atomic E-state index is 5.48. The molecule has 4 heteroatoms. The Bertz CT molecular complexity index is 255. The van der Waals surface area contributed by atoms with Gasteiger partial charge in [0.1, 0.15) is 5.76 Å². The van der Waals surface area contributed by atoms with Crippen LogP contribution in [0.3, 0.4) is 0 Å². The monoisotopic (exact) mass is 231 g/mol. The largest absolute Gasteiger partial charge is 0.444 e. The highest BCUT2D eigenvalue weighted by Gasteiger charge is 2.22. The second-order valence-electron chi connectivity index (χ2n) is 2.86. The summed E-state index contributed by atoms with van der Waals surface area (Å²) in [7, 11) is 0. The summed E-state index contributed by atoms with van der Waals surface area (Å²) in [6.07, 6.45) is 2.80. The maximum Gasteiger partial charge on any atom is 0.199 e. The fourth-order valence-electron chi connectivity index (χ4n) is 1.30. The molecule has 0 bridgehead atoms. The lowest BCUT2D eigenvalue weighted by Gasteiger charge is -1.99. The summed E-state index contributed by atoms with van der Waals surface area (Å²) in [6.45, 7) is 1.58. The van der Waals surface area contributed by atoms with E-state index in [-0.39, 0.29) is 0 Å². The average molecular weight is 232 g/mol. The lowest BCUT2D eigenvalue weighted by atomic mass is 10.1. The first-order valence-electron chi connectivity index (χ1n) is 3.98. The fraction of sp³-hybridized carbons (Fsp3) is 0.625. The summed E-state index contributed by atoms with van der Waals surface area (Å²) in [5.41, 5.74) is 0. The molecule has 1 atom stereocenters. The number of oxazole rings is 1. The third-order valence-corrected chi connectivity index (χ3v) is 2.53. The molecule has 1 aromatic rings. The molecule has 0 spiro atoms. The number of nitrogens with zero attached hydrogens (tertiary/aromatic N) is 1. The third kappa shape index (κ3) is 1.54. The van der Waals surface area contributed by atoms with Crippen molar-refractivity contribution in [2.24, 2.45) is 0 Å². The van der Waals surface area contributed by atoms with Gasteiger partial charge in [0.15, 0.2) is 5.89 Å². The summed E-state index contributed by atoms with van der Waals surface area (Å²) in [4.78, 5) is 4.19. The molecular formula is C8H10BrNO2. The Hall–Kier alpha value is -0.350. The lowest BCUT2D eigenvalue weighted by Crippen LogP contribution is -1.96. The SMILES string of the molecule is BrCc1cnc(C2CCOC2)o1. The van der Waals surface area contributed by atoms with Crippen molar-refractivity contribution < 1.29 is 9.15 Å². The highest BCUT2D eigenvalue weighted by atomic mass is 79.9. The molecule has 0 aromatic carbocycles. The normalized spacial score (nSPS) is 23.2. The van der Waals surface area contributed by atoms with Crippen LogP contribution in [0.25, 0.3) is 0 Å². The summed E-state index contributed by atoms with van der Waals surface area (Å²) in [5.74, 6) is 2.08.